The molecule has 0 unspecified atom stereocenters. The molecule has 2 heterocycles. The van der Waals surface area contributed by atoms with E-state index in [1.807, 2.05) is 29.2 Å². The van der Waals surface area contributed by atoms with Gasteiger partial charge in [-0.3, -0.25) is 4.90 Å². The van der Waals surface area contributed by atoms with Gasteiger partial charge in [0.25, 0.3) is 0 Å². The van der Waals surface area contributed by atoms with Crippen LogP contribution >= 0.6 is 11.6 Å². The number of amides is 2. The highest BCUT2D eigenvalue weighted by Gasteiger charge is 2.24. The molecule has 2 fully saturated rings. The smallest absolute Gasteiger partial charge is 0.317 e. The highest BCUT2D eigenvalue weighted by atomic mass is 35.5. The van der Waals surface area contributed by atoms with Crippen LogP contribution < -0.4 is 5.32 Å². The monoisotopic (exact) mass is 351 g/mol. The first-order valence-corrected chi connectivity index (χ1v) is 9.16. The third-order valence-electron chi connectivity index (χ3n) is 4.85. The summed E-state index contributed by atoms with van der Waals surface area (Å²) < 4.78 is 5.40. The van der Waals surface area contributed by atoms with Crippen LogP contribution in [0.25, 0.3) is 0 Å². The Hall–Kier alpha value is -1.30. The Morgan fingerprint density at radius 3 is 2.67 bits per heavy atom. The molecule has 1 aromatic rings. The van der Waals surface area contributed by atoms with Gasteiger partial charge in [-0.1, -0.05) is 23.7 Å². The van der Waals surface area contributed by atoms with E-state index in [4.69, 9.17) is 16.3 Å². The molecule has 2 aliphatic heterocycles. The van der Waals surface area contributed by atoms with Gasteiger partial charge in [-0.15, -0.1) is 0 Å². The average Bonchev–Trinajstić information content (AvgIpc) is 2.61. The van der Waals surface area contributed by atoms with Crippen molar-refractivity contribution in [2.24, 2.45) is 5.92 Å². The molecule has 6 heteroatoms. The van der Waals surface area contributed by atoms with E-state index in [2.05, 4.69) is 10.2 Å². The molecule has 0 aliphatic carbocycles. The number of urea groups is 1. The SMILES string of the molecule is O=C(NCc1cccc(Cl)c1)N1CCC(CN2CCOCC2)CC1. The molecule has 0 atom stereocenters. The molecule has 132 valence electrons. The van der Waals surface area contributed by atoms with Gasteiger partial charge >= 0.3 is 6.03 Å². The van der Waals surface area contributed by atoms with Gasteiger partial charge in [0.1, 0.15) is 0 Å². The van der Waals surface area contributed by atoms with E-state index in [0.717, 1.165) is 64.3 Å². The number of rotatable bonds is 4. The van der Waals surface area contributed by atoms with Crippen LogP contribution in [0.3, 0.4) is 0 Å². The van der Waals surface area contributed by atoms with Gasteiger partial charge in [0.2, 0.25) is 0 Å². The topological polar surface area (TPSA) is 44.8 Å². The molecule has 1 N–H and O–H groups in total. The number of benzene rings is 1. The van der Waals surface area contributed by atoms with Crippen LogP contribution in [0.1, 0.15) is 18.4 Å². The fourth-order valence-corrected chi connectivity index (χ4v) is 3.62. The summed E-state index contributed by atoms with van der Waals surface area (Å²) in [4.78, 5) is 16.7. The number of nitrogens with zero attached hydrogens (tertiary/aromatic N) is 2. The molecule has 0 bridgehead atoms. The zero-order valence-corrected chi connectivity index (χ0v) is 14.8. The number of likely N-dealkylation sites (tertiary alicyclic amines) is 1. The Morgan fingerprint density at radius 2 is 1.96 bits per heavy atom. The second-order valence-electron chi connectivity index (χ2n) is 6.63. The first-order chi connectivity index (χ1) is 11.7. The van der Waals surface area contributed by atoms with Gasteiger partial charge in [0, 0.05) is 44.3 Å². The van der Waals surface area contributed by atoms with Gasteiger partial charge in [-0.2, -0.15) is 0 Å². The summed E-state index contributed by atoms with van der Waals surface area (Å²) >= 11 is 5.97. The normalized spacial score (nSPS) is 20.1. The standard InChI is InChI=1S/C18H26ClN3O2/c19-17-3-1-2-16(12-17)13-20-18(23)22-6-4-15(5-7-22)14-21-8-10-24-11-9-21/h1-3,12,15H,4-11,13-14H2,(H,20,23). The first-order valence-electron chi connectivity index (χ1n) is 8.78. The fraction of sp³-hybridized carbons (Fsp3) is 0.611. The number of nitrogens with one attached hydrogen (secondary N) is 1. The van der Waals surface area contributed by atoms with Crippen molar-refractivity contribution in [3.8, 4) is 0 Å². The van der Waals surface area contributed by atoms with Crippen LogP contribution in [-0.2, 0) is 11.3 Å². The molecule has 2 aliphatic rings. The Bertz CT molecular complexity index is 541. The zero-order chi connectivity index (χ0) is 16.8. The minimum Gasteiger partial charge on any atom is -0.379 e. The van der Waals surface area contributed by atoms with Crippen molar-refractivity contribution >= 4 is 17.6 Å². The van der Waals surface area contributed by atoms with Crippen molar-refractivity contribution in [3.63, 3.8) is 0 Å². The number of piperidine rings is 1. The molecule has 0 spiro atoms. The molecule has 0 radical (unpaired) electrons. The summed E-state index contributed by atoms with van der Waals surface area (Å²) in [6, 6.07) is 7.63. The molecule has 0 aromatic heterocycles. The van der Waals surface area contributed by atoms with E-state index in [9.17, 15) is 4.79 Å². The lowest BCUT2D eigenvalue weighted by Gasteiger charge is -2.36. The van der Waals surface area contributed by atoms with Crippen LogP contribution in [0.4, 0.5) is 4.79 Å². The summed E-state index contributed by atoms with van der Waals surface area (Å²) in [6.07, 6.45) is 2.17. The van der Waals surface area contributed by atoms with E-state index >= 15 is 0 Å². The Kier molecular flexibility index (Phi) is 6.35. The Morgan fingerprint density at radius 1 is 1.21 bits per heavy atom. The Balaban J connectivity index is 1.38. The number of halogens is 1. The van der Waals surface area contributed by atoms with E-state index in [0.29, 0.717) is 17.5 Å². The summed E-state index contributed by atoms with van der Waals surface area (Å²) in [7, 11) is 0. The largest absolute Gasteiger partial charge is 0.379 e. The highest BCUT2D eigenvalue weighted by Crippen LogP contribution is 2.19. The van der Waals surface area contributed by atoms with Gasteiger partial charge in [-0.05, 0) is 36.5 Å². The van der Waals surface area contributed by atoms with Crippen molar-refractivity contribution in [1.82, 2.24) is 15.1 Å². The van der Waals surface area contributed by atoms with Crippen LogP contribution in [0, 0.1) is 5.92 Å². The van der Waals surface area contributed by atoms with Gasteiger partial charge in [0.05, 0.1) is 13.2 Å². The number of hydrogen-bond acceptors (Lipinski definition) is 3. The molecule has 2 saturated heterocycles. The predicted molar refractivity (Wildman–Crippen MR) is 95.2 cm³/mol. The minimum atomic E-state index is 0.0276. The van der Waals surface area contributed by atoms with Crippen molar-refractivity contribution in [2.45, 2.75) is 19.4 Å². The van der Waals surface area contributed by atoms with Crippen LogP contribution in [0.2, 0.25) is 5.02 Å². The first kappa shape index (κ1) is 17.5. The third-order valence-corrected chi connectivity index (χ3v) is 5.09. The fourth-order valence-electron chi connectivity index (χ4n) is 3.40. The lowest BCUT2D eigenvalue weighted by Crippen LogP contribution is -2.47. The van der Waals surface area contributed by atoms with Gasteiger partial charge in [-0.25, -0.2) is 4.79 Å². The van der Waals surface area contributed by atoms with Gasteiger partial charge < -0.3 is 15.0 Å². The molecule has 24 heavy (non-hydrogen) atoms. The van der Waals surface area contributed by atoms with Crippen molar-refractivity contribution in [1.29, 1.82) is 0 Å². The van der Waals surface area contributed by atoms with E-state index in [1.165, 1.54) is 0 Å². The molecule has 1 aromatic carbocycles. The summed E-state index contributed by atoms with van der Waals surface area (Å²) in [5.41, 5.74) is 1.03. The second kappa shape index (κ2) is 8.70. The molecular formula is C18H26ClN3O2. The third kappa shape index (κ3) is 5.10. The van der Waals surface area contributed by atoms with Crippen LogP contribution in [0.15, 0.2) is 24.3 Å². The number of carbonyl (C=O) groups excluding carboxylic acids is 1. The summed E-state index contributed by atoms with van der Waals surface area (Å²) in [6.45, 7) is 7.14. The van der Waals surface area contributed by atoms with E-state index in [1.54, 1.807) is 0 Å². The maximum atomic E-state index is 12.3. The number of ether oxygens (including phenoxy) is 1. The van der Waals surface area contributed by atoms with Crippen LogP contribution in [-0.4, -0.2) is 61.8 Å². The molecule has 2 amide bonds. The average molecular weight is 352 g/mol. The van der Waals surface area contributed by atoms with Crippen molar-refractivity contribution in [3.05, 3.63) is 34.9 Å². The maximum Gasteiger partial charge on any atom is 0.317 e. The number of morpholine rings is 1. The quantitative estimate of drug-likeness (QED) is 0.906. The number of carbonyl (C=O) groups is 1. The highest BCUT2D eigenvalue weighted by molar-refractivity contribution is 6.30. The lowest BCUT2D eigenvalue weighted by molar-refractivity contribution is 0.0258. The molecular weight excluding hydrogens is 326 g/mol. The van der Waals surface area contributed by atoms with Crippen molar-refractivity contribution < 1.29 is 9.53 Å². The summed E-state index contributed by atoms with van der Waals surface area (Å²) in [5.74, 6) is 0.695. The lowest BCUT2D eigenvalue weighted by atomic mass is 9.96. The minimum absolute atomic E-state index is 0.0276. The molecule has 0 saturated carbocycles. The maximum absolute atomic E-state index is 12.3. The van der Waals surface area contributed by atoms with Crippen molar-refractivity contribution in [2.75, 3.05) is 45.9 Å². The van der Waals surface area contributed by atoms with E-state index in [-0.39, 0.29) is 6.03 Å². The Labute approximate surface area is 148 Å². The zero-order valence-electron chi connectivity index (χ0n) is 14.0. The van der Waals surface area contributed by atoms with Gasteiger partial charge in [0.15, 0.2) is 0 Å². The summed E-state index contributed by atoms with van der Waals surface area (Å²) in [5, 5.41) is 3.69. The predicted octanol–water partition coefficient (Wildman–Crippen LogP) is 2.59. The number of hydrogen-bond donors (Lipinski definition) is 1. The molecule has 3 rings (SSSR count). The molecule has 5 nitrogen and oxygen atoms in total. The van der Waals surface area contributed by atoms with Crippen LogP contribution in [0.5, 0.6) is 0 Å². The van der Waals surface area contributed by atoms with E-state index < -0.39 is 0 Å². The second-order valence-corrected chi connectivity index (χ2v) is 7.07.